The van der Waals surface area contributed by atoms with Gasteiger partial charge in [0.05, 0.1) is 11.3 Å². The molecule has 0 N–H and O–H groups in total. The van der Waals surface area contributed by atoms with E-state index in [4.69, 9.17) is 11.2 Å². The standard InChI is InChI=1S/C16H18N4O2/c1-4-9-22-16(21)14-10-13(20-11-17-18-12-20)7-8-15(14)19(5-2)6-3/h1,7-8,10-12H,5-6,9H2,2-3H3. The zero-order valence-corrected chi connectivity index (χ0v) is 12.7. The normalized spacial score (nSPS) is 10.0. The molecule has 0 aliphatic heterocycles. The van der Waals surface area contributed by atoms with Crippen molar-refractivity contribution in [2.24, 2.45) is 0 Å². The van der Waals surface area contributed by atoms with E-state index in [0.717, 1.165) is 24.5 Å². The minimum Gasteiger partial charge on any atom is -0.449 e. The number of carbonyl (C=O) groups is 1. The lowest BCUT2D eigenvalue weighted by molar-refractivity contribution is 0.0557. The lowest BCUT2D eigenvalue weighted by Gasteiger charge is -2.24. The number of ether oxygens (including phenoxy) is 1. The van der Waals surface area contributed by atoms with Crippen LogP contribution in [0.4, 0.5) is 5.69 Å². The van der Waals surface area contributed by atoms with Crippen LogP contribution in [0.25, 0.3) is 5.69 Å². The zero-order chi connectivity index (χ0) is 15.9. The molecule has 0 bridgehead atoms. The molecule has 0 aliphatic rings. The van der Waals surface area contributed by atoms with Gasteiger partial charge in [-0.3, -0.25) is 4.57 Å². The smallest absolute Gasteiger partial charge is 0.341 e. The summed E-state index contributed by atoms with van der Waals surface area (Å²) >= 11 is 0. The molecule has 1 aromatic carbocycles. The second kappa shape index (κ2) is 7.27. The number of carbonyl (C=O) groups excluding carboxylic acids is 1. The fraction of sp³-hybridized carbons (Fsp3) is 0.312. The fourth-order valence-corrected chi connectivity index (χ4v) is 2.21. The summed E-state index contributed by atoms with van der Waals surface area (Å²) in [6, 6.07) is 5.57. The Morgan fingerprint density at radius 2 is 2.00 bits per heavy atom. The Kier molecular flexibility index (Phi) is 5.15. The van der Waals surface area contributed by atoms with E-state index in [2.05, 4.69) is 21.0 Å². The molecule has 22 heavy (non-hydrogen) atoms. The van der Waals surface area contributed by atoms with Gasteiger partial charge in [-0.1, -0.05) is 5.92 Å². The van der Waals surface area contributed by atoms with Crippen LogP contribution in [0.5, 0.6) is 0 Å². The third-order valence-electron chi connectivity index (χ3n) is 3.31. The van der Waals surface area contributed by atoms with E-state index in [1.54, 1.807) is 23.3 Å². The van der Waals surface area contributed by atoms with Crippen molar-refractivity contribution in [2.75, 3.05) is 24.6 Å². The van der Waals surface area contributed by atoms with E-state index in [9.17, 15) is 4.79 Å². The maximum absolute atomic E-state index is 12.3. The molecular formula is C16H18N4O2. The first-order valence-electron chi connectivity index (χ1n) is 7.05. The second-order valence-corrected chi connectivity index (χ2v) is 4.52. The van der Waals surface area contributed by atoms with Gasteiger partial charge in [-0.15, -0.1) is 16.6 Å². The lowest BCUT2D eigenvalue weighted by Crippen LogP contribution is -2.24. The van der Waals surface area contributed by atoms with Crippen molar-refractivity contribution >= 4 is 11.7 Å². The van der Waals surface area contributed by atoms with Crippen LogP contribution in [0.2, 0.25) is 0 Å². The van der Waals surface area contributed by atoms with Crippen LogP contribution in [0.3, 0.4) is 0 Å². The SMILES string of the molecule is C#CCOC(=O)c1cc(-n2cnnc2)ccc1N(CC)CC. The average molecular weight is 298 g/mol. The monoisotopic (exact) mass is 298 g/mol. The maximum Gasteiger partial charge on any atom is 0.341 e. The molecule has 0 saturated heterocycles. The van der Waals surface area contributed by atoms with E-state index in [0.29, 0.717) is 5.56 Å². The van der Waals surface area contributed by atoms with Gasteiger partial charge in [0.1, 0.15) is 12.7 Å². The molecule has 0 saturated carbocycles. The molecule has 0 spiro atoms. The van der Waals surface area contributed by atoms with Gasteiger partial charge in [0.25, 0.3) is 0 Å². The summed E-state index contributed by atoms with van der Waals surface area (Å²) in [7, 11) is 0. The molecular weight excluding hydrogens is 280 g/mol. The Bertz CT molecular complexity index is 670. The molecule has 1 heterocycles. The van der Waals surface area contributed by atoms with Crippen molar-refractivity contribution in [3.63, 3.8) is 0 Å². The molecule has 0 fully saturated rings. The number of hydrogen-bond donors (Lipinski definition) is 0. The molecule has 6 heteroatoms. The molecule has 2 aromatic rings. The predicted octanol–water partition coefficient (Wildman–Crippen LogP) is 1.90. The topological polar surface area (TPSA) is 60.3 Å². The minimum atomic E-state index is -0.435. The number of benzene rings is 1. The number of rotatable bonds is 6. The summed E-state index contributed by atoms with van der Waals surface area (Å²) in [5, 5.41) is 7.54. The van der Waals surface area contributed by atoms with E-state index in [1.165, 1.54) is 0 Å². The second-order valence-electron chi connectivity index (χ2n) is 4.52. The van der Waals surface area contributed by atoms with Crippen LogP contribution in [0.15, 0.2) is 30.9 Å². The maximum atomic E-state index is 12.3. The van der Waals surface area contributed by atoms with E-state index < -0.39 is 5.97 Å². The first kappa shape index (κ1) is 15.6. The third-order valence-corrected chi connectivity index (χ3v) is 3.31. The molecule has 0 aliphatic carbocycles. The molecule has 1 aromatic heterocycles. The van der Waals surface area contributed by atoms with Gasteiger partial charge in [0.15, 0.2) is 6.61 Å². The quantitative estimate of drug-likeness (QED) is 0.602. The van der Waals surface area contributed by atoms with E-state index in [-0.39, 0.29) is 6.61 Å². The van der Waals surface area contributed by atoms with Gasteiger partial charge in [0.2, 0.25) is 0 Å². The molecule has 6 nitrogen and oxygen atoms in total. The highest BCUT2D eigenvalue weighted by atomic mass is 16.5. The summed E-state index contributed by atoms with van der Waals surface area (Å²) in [6.45, 7) is 5.60. The molecule has 0 unspecified atom stereocenters. The number of nitrogens with zero attached hydrogens (tertiary/aromatic N) is 4. The Balaban J connectivity index is 2.45. The molecule has 0 radical (unpaired) electrons. The summed E-state index contributed by atoms with van der Waals surface area (Å²) < 4.78 is 6.81. The van der Waals surface area contributed by atoms with Gasteiger partial charge < -0.3 is 9.64 Å². The van der Waals surface area contributed by atoms with Crippen molar-refractivity contribution in [2.45, 2.75) is 13.8 Å². The van der Waals surface area contributed by atoms with Gasteiger partial charge in [-0.05, 0) is 32.0 Å². The van der Waals surface area contributed by atoms with Crippen LogP contribution in [-0.2, 0) is 4.74 Å². The van der Waals surface area contributed by atoms with Gasteiger partial charge in [-0.25, -0.2) is 4.79 Å². The van der Waals surface area contributed by atoms with Crippen LogP contribution >= 0.6 is 0 Å². The Labute approximate surface area is 129 Å². The first-order valence-corrected chi connectivity index (χ1v) is 7.05. The number of aromatic nitrogens is 3. The summed E-state index contributed by atoms with van der Waals surface area (Å²) in [5.41, 5.74) is 2.09. The Morgan fingerprint density at radius 1 is 1.32 bits per heavy atom. The number of esters is 1. The summed E-state index contributed by atoms with van der Waals surface area (Å²) in [5.74, 6) is 1.87. The molecule has 0 atom stereocenters. The van der Waals surface area contributed by atoms with Crippen LogP contribution in [0, 0.1) is 12.3 Å². The number of anilines is 1. The predicted molar refractivity (Wildman–Crippen MR) is 84.0 cm³/mol. The highest BCUT2D eigenvalue weighted by molar-refractivity contribution is 5.96. The molecule has 114 valence electrons. The zero-order valence-electron chi connectivity index (χ0n) is 12.7. The largest absolute Gasteiger partial charge is 0.449 e. The highest BCUT2D eigenvalue weighted by Crippen LogP contribution is 2.24. The van der Waals surface area contributed by atoms with Crippen molar-refractivity contribution in [1.29, 1.82) is 0 Å². The Morgan fingerprint density at radius 3 is 2.59 bits per heavy atom. The summed E-state index contributed by atoms with van der Waals surface area (Å²) in [4.78, 5) is 14.4. The first-order chi connectivity index (χ1) is 10.7. The van der Waals surface area contributed by atoms with Crippen molar-refractivity contribution in [3.05, 3.63) is 36.4 Å². The van der Waals surface area contributed by atoms with Gasteiger partial charge in [-0.2, -0.15) is 0 Å². The fourth-order valence-electron chi connectivity index (χ4n) is 2.21. The third kappa shape index (κ3) is 3.26. The molecule has 2 rings (SSSR count). The van der Waals surface area contributed by atoms with Crippen molar-refractivity contribution in [1.82, 2.24) is 14.8 Å². The van der Waals surface area contributed by atoms with Crippen LogP contribution in [0.1, 0.15) is 24.2 Å². The van der Waals surface area contributed by atoms with E-state index in [1.807, 2.05) is 26.0 Å². The number of hydrogen-bond acceptors (Lipinski definition) is 5. The molecule has 0 amide bonds. The van der Waals surface area contributed by atoms with E-state index >= 15 is 0 Å². The van der Waals surface area contributed by atoms with Gasteiger partial charge >= 0.3 is 5.97 Å². The van der Waals surface area contributed by atoms with Gasteiger partial charge in [0, 0.05) is 18.8 Å². The van der Waals surface area contributed by atoms with Crippen LogP contribution < -0.4 is 4.90 Å². The summed E-state index contributed by atoms with van der Waals surface area (Å²) in [6.07, 6.45) is 8.30. The number of terminal acetylenes is 1. The lowest BCUT2D eigenvalue weighted by atomic mass is 10.1. The minimum absolute atomic E-state index is 0.0482. The van der Waals surface area contributed by atoms with Crippen molar-refractivity contribution < 1.29 is 9.53 Å². The van der Waals surface area contributed by atoms with Crippen LogP contribution in [-0.4, -0.2) is 40.4 Å². The average Bonchev–Trinajstić information content (AvgIpc) is 3.08. The highest BCUT2D eigenvalue weighted by Gasteiger charge is 2.17. The van der Waals surface area contributed by atoms with Crippen molar-refractivity contribution in [3.8, 4) is 18.0 Å². The Hall–Kier alpha value is -2.81.